The quantitative estimate of drug-likeness (QED) is 0.734. The van der Waals surface area contributed by atoms with Crippen molar-refractivity contribution in [2.45, 2.75) is 77.9 Å². The van der Waals surface area contributed by atoms with Crippen molar-refractivity contribution in [1.29, 1.82) is 0 Å². The van der Waals surface area contributed by atoms with Crippen LogP contribution < -0.4 is 10.6 Å². The third kappa shape index (κ3) is 7.73. The van der Waals surface area contributed by atoms with Crippen LogP contribution in [0, 0.1) is 5.92 Å². The average Bonchev–Trinajstić information content (AvgIpc) is 2.37. The SMILES string of the molecule is CCC1CCC(NCCCNC(=O)OC(C)(C)C)CC1. The average molecular weight is 284 g/mol. The number of nitrogens with one attached hydrogen (secondary N) is 2. The van der Waals surface area contributed by atoms with Crippen LogP contribution in [-0.2, 0) is 4.74 Å². The summed E-state index contributed by atoms with van der Waals surface area (Å²) in [5.41, 5.74) is -0.416. The van der Waals surface area contributed by atoms with Crippen LogP contribution in [0.1, 0.15) is 66.2 Å². The molecule has 2 N–H and O–H groups in total. The van der Waals surface area contributed by atoms with E-state index >= 15 is 0 Å². The Bertz CT molecular complexity index is 279. The van der Waals surface area contributed by atoms with Gasteiger partial charge in [0.1, 0.15) is 5.60 Å². The molecule has 0 unspecified atom stereocenters. The second-order valence-electron chi connectivity index (χ2n) is 6.86. The maximum absolute atomic E-state index is 11.4. The largest absolute Gasteiger partial charge is 0.444 e. The molecule has 0 bridgehead atoms. The molecular weight excluding hydrogens is 252 g/mol. The highest BCUT2D eigenvalue weighted by Crippen LogP contribution is 2.26. The smallest absolute Gasteiger partial charge is 0.407 e. The third-order valence-electron chi connectivity index (χ3n) is 3.88. The molecule has 0 aliphatic heterocycles. The van der Waals surface area contributed by atoms with Crippen molar-refractivity contribution in [3.8, 4) is 0 Å². The van der Waals surface area contributed by atoms with Gasteiger partial charge in [0.2, 0.25) is 0 Å². The molecule has 1 saturated carbocycles. The zero-order chi connectivity index (χ0) is 15.0. The van der Waals surface area contributed by atoms with Crippen molar-refractivity contribution in [2.75, 3.05) is 13.1 Å². The number of rotatable bonds is 6. The van der Waals surface area contributed by atoms with Crippen LogP contribution in [0.15, 0.2) is 0 Å². The first-order chi connectivity index (χ1) is 9.40. The topological polar surface area (TPSA) is 50.4 Å². The molecule has 0 aromatic carbocycles. The number of amides is 1. The highest BCUT2D eigenvalue weighted by atomic mass is 16.6. The van der Waals surface area contributed by atoms with Gasteiger partial charge in [-0.15, -0.1) is 0 Å². The minimum atomic E-state index is -0.416. The van der Waals surface area contributed by atoms with E-state index in [1.165, 1.54) is 32.1 Å². The monoisotopic (exact) mass is 284 g/mol. The molecule has 20 heavy (non-hydrogen) atoms. The van der Waals surface area contributed by atoms with Crippen LogP contribution in [0.25, 0.3) is 0 Å². The number of hydrogen-bond donors (Lipinski definition) is 2. The molecule has 4 nitrogen and oxygen atoms in total. The lowest BCUT2D eigenvalue weighted by molar-refractivity contribution is 0.0527. The van der Waals surface area contributed by atoms with E-state index in [4.69, 9.17) is 4.74 Å². The van der Waals surface area contributed by atoms with E-state index in [-0.39, 0.29) is 6.09 Å². The number of alkyl carbamates (subject to hydrolysis) is 1. The van der Waals surface area contributed by atoms with Crippen molar-refractivity contribution >= 4 is 6.09 Å². The molecule has 1 fully saturated rings. The molecule has 0 aromatic rings. The summed E-state index contributed by atoms with van der Waals surface area (Å²) in [5, 5.41) is 6.39. The van der Waals surface area contributed by atoms with Gasteiger partial charge in [0.25, 0.3) is 0 Å². The Labute approximate surface area is 124 Å². The molecule has 4 heteroatoms. The molecular formula is C16H32N2O2. The molecule has 0 heterocycles. The summed E-state index contributed by atoms with van der Waals surface area (Å²) in [7, 11) is 0. The number of ether oxygens (including phenoxy) is 1. The molecule has 1 rings (SSSR count). The lowest BCUT2D eigenvalue weighted by Gasteiger charge is -2.28. The summed E-state index contributed by atoms with van der Waals surface area (Å²) in [4.78, 5) is 11.4. The second-order valence-corrected chi connectivity index (χ2v) is 6.86. The molecule has 0 atom stereocenters. The molecule has 118 valence electrons. The molecule has 0 aromatic heterocycles. The van der Waals surface area contributed by atoms with Crippen molar-refractivity contribution in [3.63, 3.8) is 0 Å². The van der Waals surface area contributed by atoms with Gasteiger partial charge in [0, 0.05) is 12.6 Å². The van der Waals surface area contributed by atoms with Crippen LogP contribution in [0.5, 0.6) is 0 Å². The van der Waals surface area contributed by atoms with E-state index in [0.29, 0.717) is 12.6 Å². The van der Waals surface area contributed by atoms with Crippen molar-refractivity contribution < 1.29 is 9.53 Å². The summed E-state index contributed by atoms with van der Waals surface area (Å²) in [5.74, 6) is 0.946. The summed E-state index contributed by atoms with van der Waals surface area (Å²) < 4.78 is 5.19. The zero-order valence-corrected chi connectivity index (χ0v) is 13.6. The summed E-state index contributed by atoms with van der Waals surface area (Å²) in [6.45, 7) is 9.56. The standard InChI is InChI=1S/C16H32N2O2/c1-5-13-7-9-14(10-8-13)17-11-6-12-18-15(19)20-16(2,3)4/h13-14,17H,5-12H2,1-4H3,(H,18,19). The van der Waals surface area contributed by atoms with E-state index < -0.39 is 5.60 Å². The molecule has 0 saturated heterocycles. The molecule has 1 aliphatic rings. The molecule has 1 aliphatic carbocycles. The Balaban J connectivity index is 1.99. The zero-order valence-electron chi connectivity index (χ0n) is 13.6. The maximum atomic E-state index is 11.4. The minimum Gasteiger partial charge on any atom is -0.444 e. The van der Waals surface area contributed by atoms with Gasteiger partial charge < -0.3 is 15.4 Å². The summed E-state index contributed by atoms with van der Waals surface area (Å²) in [6.07, 6.45) is 7.30. The first-order valence-electron chi connectivity index (χ1n) is 8.11. The van der Waals surface area contributed by atoms with E-state index in [1.54, 1.807) is 0 Å². The number of hydrogen-bond acceptors (Lipinski definition) is 3. The highest BCUT2D eigenvalue weighted by molar-refractivity contribution is 5.67. The fourth-order valence-electron chi connectivity index (χ4n) is 2.67. The Morgan fingerprint density at radius 3 is 2.35 bits per heavy atom. The van der Waals surface area contributed by atoms with Crippen LogP contribution in [0.4, 0.5) is 4.79 Å². The van der Waals surface area contributed by atoms with Crippen LogP contribution in [0.2, 0.25) is 0 Å². The Hall–Kier alpha value is -0.770. The lowest BCUT2D eigenvalue weighted by Crippen LogP contribution is -2.36. The van der Waals surface area contributed by atoms with Crippen LogP contribution in [0.3, 0.4) is 0 Å². The fourth-order valence-corrected chi connectivity index (χ4v) is 2.67. The van der Waals surface area contributed by atoms with Gasteiger partial charge in [-0.3, -0.25) is 0 Å². The van der Waals surface area contributed by atoms with Crippen molar-refractivity contribution in [2.24, 2.45) is 5.92 Å². The van der Waals surface area contributed by atoms with Gasteiger partial charge in [0.15, 0.2) is 0 Å². The Kier molecular flexibility index (Phi) is 7.35. The maximum Gasteiger partial charge on any atom is 0.407 e. The first kappa shape index (κ1) is 17.3. The van der Waals surface area contributed by atoms with Crippen LogP contribution in [-0.4, -0.2) is 30.8 Å². The molecule has 1 amide bonds. The summed E-state index contributed by atoms with van der Waals surface area (Å²) in [6, 6.07) is 0.680. The van der Waals surface area contributed by atoms with Crippen LogP contribution >= 0.6 is 0 Å². The third-order valence-corrected chi connectivity index (χ3v) is 3.88. The number of carbonyl (C=O) groups is 1. The van der Waals surface area contributed by atoms with E-state index in [0.717, 1.165) is 18.9 Å². The predicted octanol–water partition coefficient (Wildman–Crippen LogP) is 3.46. The molecule has 0 radical (unpaired) electrons. The number of carbonyl (C=O) groups excluding carboxylic acids is 1. The Morgan fingerprint density at radius 2 is 1.80 bits per heavy atom. The van der Waals surface area contributed by atoms with Gasteiger partial charge in [-0.2, -0.15) is 0 Å². The van der Waals surface area contributed by atoms with Crippen molar-refractivity contribution in [3.05, 3.63) is 0 Å². The summed E-state index contributed by atoms with van der Waals surface area (Å²) >= 11 is 0. The van der Waals surface area contributed by atoms with Crippen molar-refractivity contribution in [1.82, 2.24) is 10.6 Å². The predicted molar refractivity (Wildman–Crippen MR) is 82.9 cm³/mol. The minimum absolute atomic E-state index is 0.319. The van der Waals surface area contributed by atoms with Gasteiger partial charge in [-0.25, -0.2) is 4.79 Å². The highest BCUT2D eigenvalue weighted by Gasteiger charge is 2.19. The van der Waals surface area contributed by atoms with Gasteiger partial charge >= 0.3 is 6.09 Å². The first-order valence-corrected chi connectivity index (χ1v) is 8.11. The second kappa shape index (κ2) is 8.50. The van der Waals surface area contributed by atoms with E-state index in [1.807, 2.05) is 20.8 Å². The Morgan fingerprint density at radius 1 is 1.15 bits per heavy atom. The van der Waals surface area contributed by atoms with E-state index in [2.05, 4.69) is 17.6 Å². The van der Waals surface area contributed by atoms with E-state index in [9.17, 15) is 4.79 Å². The van der Waals surface area contributed by atoms with Gasteiger partial charge in [-0.05, 0) is 65.3 Å². The lowest BCUT2D eigenvalue weighted by atomic mass is 9.84. The normalized spacial score (nSPS) is 23.4. The molecule has 0 spiro atoms. The van der Waals surface area contributed by atoms with Gasteiger partial charge in [0.05, 0.1) is 0 Å². The van der Waals surface area contributed by atoms with Gasteiger partial charge in [-0.1, -0.05) is 13.3 Å². The fraction of sp³-hybridized carbons (Fsp3) is 0.938.